The third-order valence-electron chi connectivity index (χ3n) is 4.14. The van der Waals surface area contributed by atoms with Crippen LogP contribution in [-0.2, 0) is 0 Å². The van der Waals surface area contributed by atoms with Crippen LogP contribution in [0, 0.1) is 48.7 Å². The van der Waals surface area contributed by atoms with Crippen LogP contribution >= 0.6 is 0 Å². The Hall–Kier alpha value is -0.372. The van der Waals surface area contributed by atoms with Gasteiger partial charge in [0.15, 0.2) is 0 Å². The summed E-state index contributed by atoms with van der Waals surface area (Å²) in [6.07, 6.45) is 8.40. The van der Waals surface area contributed by atoms with Crippen molar-refractivity contribution in [3.05, 3.63) is 30.0 Å². The Kier molecular flexibility index (Phi) is 4.80. The molecule has 1 amide bonds. The Morgan fingerprint density at radius 3 is 3.00 bits per heavy atom. The van der Waals surface area contributed by atoms with E-state index in [1.807, 2.05) is 22.8 Å². The van der Waals surface area contributed by atoms with Crippen LogP contribution in [0.5, 0.6) is 0 Å². The zero-order valence-electron chi connectivity index (χ0n) is 11.9. The first-order valence-electron chi connectivity index (χ1n) is 7.47. The standard InChI is InChI=1S/C15H18N3O.Ra.H/c19-15(16-11-12-5-2-1-3-6-12)13-7-4-10-18-14(13)8-9-17-18;;/h4,7-8,10,12H,1-3,5-6,11H2,(H,16,19);;. The van der Waals surface area contributed by atoms with Crippen molar-refractivity contribution in [2.45, 2.75) is 32.1 Å². The molecule has 4 nitrogen and oxygen atoms in total. The Balaban J connectivity index is 1.71. The van der Waals surface area contributed by atoms with E-state index in [0.29, 0.717) is 5.92 Å². The van der Waals surface area contributed by atoms with Crippen molar-refractivity contribution in [2.24, 2.45) is 5.92 Å². The summed E-state index contributed by atoms with van der Waals surface area (Å²) in [5, 5.41) is 7.55. The molecule has 0 spiro atoms. The predicted octanol–water partition coefficient (Wildman–Crippen LogP) is 1.55. The number of aromatic nitrogens is 2. The maximum absolute atomic E-state index is 12.4. The number of carbonyl (C=O) groups is 1. The third kappa shape index (κ3) is 3.27. The number of pyridine rings is 1. The van der Waals surface area contributed by atoms with Crippen LogP contribution in [0.25, 0.3) is 5.52 Å². The van der Waals surface area contributed by atoms with E-state index in [-0.39, 0.29) is 48.7 Å². The second kappa shape index (κ2) is 6.59. The van der Waals surface area contributed by atoms with Gasteiger partial charge in [0, 0.05) is 0 Å². The topological polar surface area (TPSA) is 46.4 Å². The van der Waals surface area contributed by atoms with E-state index in [9.17, 15) is 4.79 Å². The van der Waals surface area contributed by atoms with E-state index < -0.39 is 0 Å². The molecule has 0 aromatic carbocycles. The summed E-state index contributed by atoms with van der Waals surface area (Å²) < 4.78 is 2.98. The molecule has 1 aliphatic rings. The van der Waals surface area contributed by atoms with Gasteiger partial charge in [-0.3, -0.25) is 0 Å². The molecular formula is C15H19N3ORa. The molecule has 0 bridgehead atoms. The molecule has 2 aromatic rings. The van der Waals surface area contributed by atoms with Crippen molar-refractivity contribution in [1.82, 2.24) is 14.9 Å². The number of hydrogen-bond donors (Lipinski definition) is 1. The van der Waals surface area contributed by atoms with E-state index in [1.165, 1.54) is 32.1 Å². The zero-order valence-corrected chi connectivity index (χ0v) is 20.2. The Labute approximate surface area is 148 Å². The average Bonchev–Trinajstić information content (AvgIpc) is 2.85. The van der Waals surface area contributed by atoms with Gasteiger partial charge >= 0.3 is 149 Å². The molecule has 0 aliphatic heterocycles. The number of carbonyl (C=O) groups excluding carboxylic acids is 1. The fourth-order valence-corrected chi connectivity index (χ4v) is 5.06. The van der Waals surface area contributed by atoms with Crippen molar-refractivity contribution >= 4 is 12.2 Å². The Bertz CT molecular complexity index is 617. The minimum atomic E-state index is 0.0404. The van der Waals surface area contributed by atoms with Crippen LogP contribution < -0.4 is 6.05 Å². The number of nitrogens with one attached hydrogen (secondary N) is 1. The monoisotopic (exact) mass is 483 g/mol. The van der Waals surface area contributed by atoms with E-state index in [1.54, 1.807) is 0 Å². The molecule has 1 saturated carbocycles. The van der Waals surface area contributed by atoms with Gasteiger partial charge in [0.1, 0.15) is 0 Å². The summed E-state index contributed by atoms with van der Waals surface area (Å²) in [5.41, 5.74) is 1.69. The molecule has 2 aromatic heterocycles. The quantitative estimate of drug-likeness (QED) is 0.721. The van der Waals surface area contributed by atoms with Gasteiger partial charge < -0.3 is 0 Å². The van der Waals surface area contributed by atoms with E-state index >= 15 is 0 Å². The molecule has 102 valence electrons. The number of fused-ring (bicyclic) bond motifs is 1. The van der Waals surface area contributed by atoms with Crippen LogP contribution in [0.1, 0.15) is 42.5 Å². The van der Waals surface area contributed by atoms with Gasteiger partial charge in [-0.1, -0.05) is 0 Å². The minimum absolute atomic E-state index is 0.0404. The van der Waals surface area contributed by atoms with Gasteiger partial charge in [0.05, 0.1) is 0 Å². The molecular weight excluding hydrogens is 464 g/mol. The molecule has 0 radical (unpaired) electrons. The molecule has 1 aliphatic carbocycles. The number of amides is 1. The Morgan fingerprint density at radius 2 is 2.20 bits per heavy atom. The zero-order chi connectivity index (χ0) is 13.9. The summed E-state index contributed by atoms with van der Waals surface area (Å²) in [4.78, 5) is 12.4. The van der Waals surface area contributed by atoms with Crippen molar-refractivity contribution in [2.75, 3.05) is 6.54 Å². The van der Waals surface area contributed by atoms with Gasteiger partial charge in [0.25, 0.3) is 0 Å². The molecule has 5 heteroatoms. The van der Waals surface area contributed by atoms with Crippen molar-refractivity contribution in [3.63, 3.8) is 0 Å². The van der Waals surface area contributed by atoms with Gasteiger partial charge in [-0.05, 0) is 0 Å². The summed E-state index contributed by atoms with van der Waals surface area (Å²) in [7, 11) is 0. The maximum atomic E-state index is 12.4. The molecule has 2 heterocycles. The fraction of sp³-hybridized carbons (Fsp3) is 0.467. The van der Waals surface area contributed by atoms with E-state index in [2.05, 4.69) is 16.5 Å². The van der Waals surface area contributed by atoms with Gasteiger partial charge in [-0.2, -0.15) is 0 Å². The number of hydrogen-bond acceptors (Lipinski definition) is 2. The van der Waals surface area contributed by atoms with Gasteiger partial charge in [-0.25, -0.2) is 0 Å². The molecule has 1 N–H and O–H groups in total. The normalized spacial score (nSPS) is 16.4. The fourth-order valence-electron chi connectivity index (χ4n) is 3.05. The average molecular weight is 483 g/mol. The Morgan fingerprint density at radius 1 is 1.40 bits per heavy atom. The summed E-state index contributed by atoms with van der Waals surface area (Å²) >= 11 is 0.221. The van der Waals surface area contributed by atoms with Crippen LogP contribution in [0.2, 0.25) is 0 Å². The van der Waals surface area contributed by atoms with Crippen LogP contribution in [0.3, 0.4) is 0 Å². The van der Waals surface area contributed by atoms with Crippen molar-refractivity contribution < 1.29 is 47.6 Å². The van der Waals surface area contributed by atoms with E-state index in [0.717, 1.165) is 18.4 Å². The van der Waals surface area contributed by atoms with Crippen LogP contribution in [-0.4, -0.2) is 22.1 Å². The summed E-state index contributed by atoms with van der Waals surface area (Å²) in [6.45, 7) is 0.813. The number of rotatable bonds is 3. The summed E-state index contributed by atoms with van der Waals surface area (Å²) in [5.74, 6) is 0.704. The molecule has 0 unspecified atom stereocenters. The van der Waals surface area contributed by atoms with E-state index in [4.69, 9.17) is 0 Å². The van der Waals surface area contributed by atoms with Gasteiger partial charge in [-0.15, -0.1) is 0 Å². The first-order valence-corrected chi connectivity index (χ1v) is 11.6. The SMILES string of the molecule is O=C(NCC1CCCCC1)c1cccn2n[c]([RaH])cc12. The van der Waals surface area contributed by atoms with Crippen molar-refractivity contribution in [3.8, 4) is 0 Å². The van der Waals surface area contributed by atoms with Crippen LogP contribution in [0.4, 0.5) is 0 Å². The first-order chi connectivity index (χ1) is 9.74. The number of nitrogens with zero attached hydrogens (tertiary/aromatic N) is 2. The van der Waals surface area contributed by atoms with Crippen LogP contribution in [0.15, 0.2) is 24.4 Å². The molecule has 1 fully saturated rings. The molecule has 3 rings (SSSR count). The molecule has 20 heavy (non-hydrogen) atoms. The third-order valence-corrected chi connectivity index (χ3v) is 6.15. The van der Waals surface area contributed by atoms with Crippen molar-refractivity contribution in [1.29, 1.82) is 0 Å². The second-order valence-corrected chi connectivity index (χ2v) is 9.96. The molecule has 0 atom stereocenters. The summed E-state index contributed by atoms with van der Waals surface area (Å²) in [6, 6.07) is 5.84. The predicted molar refractivity (Wildman–Crippen MR) is 75.1 cm³/mol. The first kappa shape index (κ1) is 14.6. The molecule has 0 saturated heterocycles. The van der Waals surface area contributed by atoms with Gasteiger partial charge in [0.2, 0.25) is 0 Å². The second-order valence-electron chi connectivity index (χ2n) is 5.75.